The van der Waals surface area contributed by atoms with Gasteiger partial charge < -0.3 is 27.3 Å². The molecule has 0 aromatic heterocycles. The second-order valence-corrected chi connectivity index (χ2v) is 4.87. The number of allylic oxidation sites excluding steroid dienone is 3. The topological polar surface area (TPSA) is 133 Å². The van der Waals surface area contributed by atoms with Crippen molar-refractivity contribution < 1.29 is 23.1 Å². The molecule has 0 radical (unpaired) electrons. The van der Waals surface area contributed by atoms with E-state index in [1.54, 1.807) is 0 Å². The average molecular weight is 304 g/mol. The summed E-state index contributed by atoms with van der Waals surface area (Å²) in [6.07, 6.45) is 1.08. The Morgan fingerprint density at radius 3 is 2.52 bits per heavy atom. The van der Waals surface area contributed by atoms with E-state index in [0.29, 0.717) is 0 Å². The van der Waals surface area contributed by atoms with Crippen LogP contribution < -0.4 is 22.5 Å². The number of esters is 1. The Hall–Kier alpha value is -2.32. The van der Waals surface area contributed by atoms with Crippen molar-refractivity contribution in [1.82, 2.24) is 5.32 Å². The summed E-state index contributed by atoms with van der Waals surface area (Å²) in [4.78, 5) is 23.9. The number of nitrogens with two attached hydrogens (primary N) is 3. The van der Waals surface area contributed by atoms with Crippen LogP contribution in [0.3, 0.4) is 0 Å². The number of amides is 1. The van der Waals surface area contributed by atoms with E-state index in [-0.39, 0.29) is 11.5 Å². The molecule has 1 rings (SSSR count). The number of alkyl halides is 2. The van der Waals surface area contributed by atoms with Gasteiger partial charge in [0.05, 0.1) is 19.5 Å². The van der Waals surface area contributed by atoms with Gasteiger partial charge in [-0.2, -0.15) is 0 Å². The van der Waals surface area contributed by atoms with Crippen molar-refractivity contribution in [2.75, 3.05) is 13.7 Å². The predicted octanol–water partition coefficient (Wildman–Crippen LogP) is -0.707. The highest BCUT2D eigenvalue weighted by Gasteiger charge is 2.57. The highest BCUT2D eigenvalue weighted by molar-refractivity contribution is 6.03. The molecule has 7 nitrogen and oxygen atoms in total. The minimum absolute atomic E-state index is 0.00153. The summed E-state index contributed by atoms with van der Waals surface area (Å²) in [5.74, 6) is -5.20. The second-order valence-electron chi connectivity index (χ2n) is 4.87. The first-order chi connectivity index (χ1) is 9.63. The third-order valence-electron chi connectivity index (χ3n) is 3.07. The molecular formula is C12H18F2N4O3. The lowest BCUT2D eigenvalue weighted by molar-refractivity contribution is -0.172. The van der Waals surface area contributed by atoms with Gasteiger partial charge in [0, 0.05) is 18.5 Å². The van der Waals surface area contributed by atoms with Crippen molar-refractivity contribution in [3.05, 3.63) is 23.7 Å². The van der Waals surface area contributed by atoms with Crippen LogP contribution in [0.15, 0.2) is 23.7 Å². The Labute approximate surface area is 120 Å². The molecule has 1 aliphatic heterocycles. The zero-order valence-electron chi connectivity index (χ0n) is 11.5. The second kappa shape index (κ2) is 5.98. The maximum atomic E-state index is 13.6. The summed E-state index contributed by atoms with van der Waals surface area (Å²) in [5, 5.41) is 2.01. The molecule has 0 bridgehead atoms. The van der Waals surface area contributed by atoms with E-state index in [9.17, 15) is 18.4 Å². The fraction of sp³-hybridized carbons (Fsp3) is 0.500. The van der Waals surface area contributed by atoms with Crippen LogP contribution in [0.2, 0.25) is 0 Å². The molecule has 1 saturated heterocycles. The Balaban J connectivity index is 3.15. The zero-order chi connectivity index (χ0) is 16.3. The third-order valence-corrected chi connectivity index (χ3v) is 3.07. The van der Waals surface area contributed by atoms with Crippen molar-refractivity contribution >= 4 is 11.9 Å². The van der Waals surface area contributed by atoms with Crippen molar-refractivity contribution in [1.29, 1.82) is 0 Å². The summed E-state index contributed by atoms with van der Waals surface area (Å²) in [7, 11) is 1.02. The quantitative estimate of drug-likeness (QED) is 0.308. The summed E-state index contributed by atoms with van der Waals surface area (Å²) < 4.78 is 31.7. The summed E-state index contributed by atoms with van der Waals surface area (Å²) in [6, 6.07) is 0. The van der Waals surface area contributed by atoms with Crippen LogP contribution in [0.4, 0.5) is 8.78 Å². The third kappa shape index (κ3) is 3.83. The molecule has 0 aliphatic carbocycles. The molecule has 1 atom stereocenters. The Bertz CT molecular complexity index is 491. The van der Waals surface area contributed by atoms with Crippen LogP contribution in [0.5, 0.6) is 0 Å². The molecule has 118 valence electrons. The number of carbonyl (C=O) groups excluding carboxylic acids is 2. The van der Waals surface area contributed by atoms with Gasteiger partial charge in [0.2, 0.25) is 5.91 Å². The van der Waals surface area contributed by atoms with Crippen LogP contribution in [0.1, 0.15) is 12.8 Å². The fourth-order valence-corrected chi connectivity index (χ4v) is 2.15. The van der Waals surface area contributed by atoms with Crippen LogP contribution in [-0.2, 0) is 14.3 Å². The largest absolute Gasteiger partial charge is 0.468 e. The molecule has 1 fully saturated rings. The molecular weight excluding hydrogens is 286 g/mol. The molecule has 1 unspecified atom stereocenters. The number of hydrogen-bond acceptors (Lipinski definition) is 6. The number of hydrogen-bond donors (Lipinski definition) is 4. The first-order valence-electron chi connectivity index (χ1n) is 6.05. The van der Waals surface area contributed by atoms with Gasteiger partial charge in [-0.3, -0.25) is 9.59 Å². The van der Waals surface area contributed by atoms with E-state index in [4.69, 9.17) is 17.2 Å². The van der Waals surface area contributed by atoms with E-state index >= 15 is 0 Å². The number of rotatable bonds is 4. The van der Waals surface area contributed by atoms with E-state index in [2.05, 4.69) is 4.74 Å². The summed E-state index contributed by atoms with van der Waals surface area (Å²) >= 11 is 0. The van der Waals surface area contributed by atoms with Gasteiger partial charge in [-0.25, -0.2) is 8.78 Å². The standard InChI is InChI=1S/C12H18F2N4O3/c1-21-10(20)11(4-7(15)2-3-8(16)17)5-12(13,14)6-18-9(11)19/h2-3H,4-6,15-17H2,1H3,(H,18,19)/b7-2-. The monoisotopic (exact) mass is 304 g/mol. The highest BCUT2D eigenvalue weighted by atomic mass is 19.3. The molecule has 0 aromatic rings. The van der Waals surface area contributed by atoms with E-state index < -0.39 is 42.6 Å². The average Bonchev–Trinajstić information content (AvgIpc) is 2.39. The first-order valence-corrected chi connectivity index (χ1v) is 6.05. The Kier molecular flexibility index (Phi) is 4.77. The first kappa shape index (κ1) is 16.7. The van der Waals surface area contributed by atoms with Crippen LogP contribution in [0.25, 0.3) is 0 Å². The Morgan fingerprint density at radius 2 is 2.00 bits per heavy atom. The molecule has 1 aliphatic rings. The van der Waals surface area contributed by atoms with Crippen LogP contribution >= 0.6 is 0 Å². The van der Waals surface area contributed by atoms with Gasteiger partial charge in [-0.05, 0) is 12.2 Å². The molecule has 7 N–H and O–H groups in total. The summed E-state index contributed by atoms with van der Waals surface area (Å²) in [5.41, 5.74) is 14.0. The number of methoxy groups -OCH3 is 1. The molecule has 1 amide bonds. The maximum Gasteiger partial charge on any atom is 0.322 e. The predicted molar refractivity (Wildman–Crippen MR) is 70.4 cm³/mol. The summed E-state index contributed by atoms with van der Waals surface area (Å²) in [6.45, 7) is -0.830. The zero-order valence-corrected chi connectivity index (χ0v) is 11.5. The molecule has 0 spiro atoms. The smallest absolute Gasteiger partial charge is 0.322 e. The fourth-order valence-electron chi connectivity index (χ4n) is 2.15. The van der Waals surface area contributed by atoms with Gasteiger partial charge in [0.1, 0.15) is 0 Å². The number of piperidine rings is 1. The highest BCUT2D eigenvalue weighted by Crippen LogP contribution is 2.41. The van der Waals surface area contributed by atoms with Gasteiger partial charge in [0.25, 0.3) is 5.92 Å². The molecule has 21 heavy (non-hydrogen) atoms. The lowest BCUT2D eigenvalue weighted by Gasteiger charge is -2.37. The number of halogens is 2. The van der Waals surface area contributed by atoms with E-state index in [1.807, 2.05) is 5.32 Å². The number of carbonyl (C=O) groups is 2. The molecule has 0 aromatic carbocycles. The minimum Gasteiger partial charge on any atom is -0.468 e. The van der Waals surface area contributed by atoms with Crippen LogP contribution in [-0.4, -0.2) is 31.5 Å². The maximum absolute atomic E-state index is 13.6. The van der Waals surface area contributed by atoms with Crippen molar-refractivity contribution in [3.63, 3.8) is 0 Å². The number of nitrogens with one attached hydrogen (secondary N) is 1. The van der Waals surface area contributed by atoms with Crippen molar-refractivity contribution in [2.45, 2.75) is 18.8 Å². The minimum atomic E-state index is -3.23. The Morgan fingerprint density at radius 1 is 1.38 bits per heavy atom. The van der Waals surface area contributed by atoms with Gasteiger partial charge in [-0.1, -0.05) is 0 Å². The molecule has 0 saturated carbocycles. The van der Waals surface area contributed by atoms with Crippen LogP contribution in [0, 0.1) is 5.41 Å². The SMILES string of the molecule is COC(=O)C1(C/C(N)=C/C=C(N)N)CC(F)(F)CNC1=O. The molecule has 1 heterocycles. The number of ether oxygens (including phenoxy) is 1. The lowest BCUT2D eigenvalue weighted by atomic mass is 9.74. The van der Waals surface area contributed by atoms with Gasteiger partial charge in [0.15, 0.2) is 5.41 Å². The van der Waals surface area contributed by atoms with Crippen molar-refractivity contribution in [2.24, 2.45) is 22.6 Å². The van der Waals surface area contributed by atoms with Gasteiger partial charge in [-0.15, -0.1) is 0 Å². The van der Waals surface area contributed by atoms with Gasteiger partial charge >= 0.3 is 5.97 Å². The van der Waals surface area contributed by atoms with E-state index in [0.717, 1.165) is 7.11 Å². The normalized spacial score (nSPS) is 24.9. The van der Waals surface area contributed by atoms with E-state index in [1.165, 1.54) is 12.2 Å². The lowest BCUT2D eigenvalue weighted by Crippen LogP contribution is -2.58. The van der Waals surface area contributed by atoms with Crippen molar-refractivity contribution in [3.8, 4) is 0 Å². The molecule has 9 heteroatoms.